The molecule has 4 unspecified atom stereocenters. The Hall–Kier alpha value is -1.45. The fourth-order valence-corrected chi connectivity index (χ4v) is 9.59. The number of unbranched alkanes of at least 4 members (excludes halogenated alkanes) is 2. The zero-order valence-electron chi connectivity index (χ0n) is 27.2. The maximum atomic E-state index is 13.0. The number of halogens is 5. The second-order valence-corrected chi connectivity index (χ2v) is 16.3. The molecule has 2 saturated carbocycles. The smallest absolute Gasteiger partial charge is 0.389 e. The van der Waals surface area contributed by atoms with Crippen LogP contribution in [0.5, 0.6) is 5.75 Å². The summed E-state index contributed by atoms with van der Waals surface area (Å²) >= 11 is 1.39. The SMILES string of the molecule is C=C1[C@H](O)CC2C3C(CC[C@]12C)c1ccc(OS(N)(=O)=O)cc1[C@@H](O)C3CCCCCN(C)CCCSCCCC(F)(F)C(F)(F)F. The van der Waals surface area contributed by atoms with Crippen molar-refractivity contribution in [3.63, 3.8) is 0 Å². The Morgan fingerprint density at radius 2 is 1.74 bits per heavy atom. The molecule has 47 heavy (non-hydrogen) atoms. The van der Waals surface area contributed by atoms with Gasteiger partial charge in [-0.05, 0) is 135 Å². The van der Waals surface area contributed by atoms with Gasteiger partial charge in [-0.3, -0.25) is 0 Å². The first kappa shape index (κ1) is 38.4. The molecule has 14 heteroatoms. The zero-order valence-corrected chi connectivity index (χ0v) is 28.8. The monoisotopic (exact) mass is 712 g/mol. The minimum atomic E-state index is -5.49. The van der Waals surface area contributed by atoms with Gasteiger partial charge in [0.1, 0.15) is 5.75 Å². The van der Waals surface area contributed by atoms with Crippen LogP contribution in [0, 0.1) is 23.2 Å². The number of nitrogens with zero attached hydrogens (tertiary/aromatic N) is 1. The number of nitrogens with two attached hydrogens (primary N) is 1. The molecule has 0 aliphatic heterocycles. The average molecular weight is 713 g/mol. The van der Waals surface area contributed by atoms with Crippen LogP contribution in [0.4, 0.5) is 22.0 Å². The number of aliphatic hydroxyl groups is 2. The third-order valence-electron chi connectivity index (χ3n) is 10.8. The van der Waals surface area contributed by atoms with Gasteiger partial charge < -0.3 is 19.3 Å². The second kappa shape index (κ2) is 15.2. The van der Waals surface area contributed by atoms with Crippen molar-refractivity contribution in [1.82, 2.24) is 4.90 Å². The average Bonchev–Trinajstić information content (AvgIpc) is 3.20. The van der Waals surface area contributed by atoms with Crippen molar-refractivity contribution in [3.05, 3.63) is 41.5 Å². The summed E-state index contributed by atoms with van der Waals surface area (Å²) in [6.45, 7) is 8.09. The van der Waals surface area contributed by atoms with Crippen LogP contribution in [-0.4, -0.2) is 73.4 Å². The molecule has 2 fully saturated rings. The molecule has 1 aromatic rings. The highest BCUT2D eigenvalue weighted by molar-refractivity contribution is 7.99. The van der Waals surface area contributed by atoms with Crippen molar-refractivity contribution in [2.45, 2.75) is 101 Å². The third kappa shape index (κ3) is 9.02. The van der Waals surface area contributed by atoms with Gasteiger partial charge in [0.05, 0.1) is 12.2 Å². The fraction of sp³-hybridized carbons (Fsp3) is 0.758. The molecule has 0 bridgehead atoms. The molecule has 3 aliphatic rings. The van der Waals surface area contributed by atoms with Crippen LogP contribution < -0.4 is 9.32 Å². The minimum Gasteiger partial charge on any atom is -0.389 e. The van der Waals surface area contributed by atoms with Gasteiger partial charge in [0.25, 0.3) is 0 Å². The van der Waals surface area contributed by atoms with Gasteiger partial charge in [-0.15, -0.1) is 0 Å². The lowest BCUT2D eigenvalue weighted by Gasteiger charge is -2.53. The van der Waals surface area contributed by atoms with Crippen LogP contribution in [0.3, 0.4) is 0 Å². The summed E-state index contributed by atoms with van der Waals surface area (Å²) in [5, 5.41) is 27.7. The van der Waals surface area contributed by atoms with Crippen LogP contribution in [0.25, 0.3) is 0 Å². The predicted octanol–water partition coefficient (Wildman–Crippen LogP) is 6.96. The van der Waals surface area contributed by atoms with Crippen LogP contribution in [0.1, 0.15) is 94.3 Å². The van der Waals surface area contributed by atoms with Gasteiger partial charge in [-0.2, -0.15) is 47.3 Å². The fourth-order valence-electron chi connectivity index (χ4n) is 8.33. The predicted molar refractivity (Wildman–Crippen MR) is 174 cm³/mol. The van der Waals surface area contributed by atoms with Gasteiger partial charge in [0.2, 0.25) is 0 Å². The Labute approximate surface area is 279 Å². The molecule has 4 rings (SSSR count). The molecule has 4 N–H and O–H groups in total. The molecule has 268 valence electrons. The summed E-state index contributed by atoms with van der Waals surface area (Å²) in [6.07, 6.45) is -1.55. The van der Waals surface area contributed by atoms with E-state index in [0.717, 1.165) is 69.2 Å². The van der Waals surface area contributed by atoms with Crippen LogP contribution in [0.2, 0.25) is 0 Å². The van der Waals surface area contributed by atoms with E-state index in [0.29, 0.717) is 17.7 Å². The molecule has 0 heterocycles. The van der Waals surface area contributed by atoms with Crippen LogP contribution in [-0.2, 0) is 10.3 Å². The molecule has 0 spiro atoms. The summed E-state index contributed by atoms with van der Waals surface area (Å²) in [6, 6.07) is 5.02. The van der Waals surface area contributed by atoms with Crippen molar-refractivity contribution in [3.8, 4) is 5.75 Å². The summed E-state index contributed by atoms with van der Waals surface area (Å²) in [5.74, 6) is -3.24. The minimum absolute atomic E-state index is 0.0669. The first-order chi connectivity index (χ1) is 21.9. The quantitative estimate of drug-likeness (QED) is 0.0965. The number of alkyl halides is 5. The Kier molecular flexibility index (Phi) is 12.4. The van der Waals surface area contributed by atoms with Crippen molar-refractivity contribution in [2.24, 2.45) is 28.3 Å². The van der Waals surface area contributed by atoms with Crippen LogP contribution >= 0.6 is 11.8 Å². The Bertz CT molecular complexity index is 1350. The molecule has 7 nitrogen and oxygen atoms in total. The molecule has 0 saturated heterocycles. The third-order valence-corrected chi connectivity index (χ3v) is 12.4. The molecule has 7 atom stereocenters. The lowest BCUT2D eigenvalue weighted by atomic mass is 9.51. The number of hydrogen-bond donors (Lipinski definition) is 3. The van der Waals surface area contributed by atoms with E-state index in [2.05, 4.69) is 18.4 Å². The van der Waals surface area contributed by atoms with E-state index in [9.17, 15) is 40.6 Å². The maximum absolute atomic E-state index is 13.0. The molecular formula is C33H49F5N2O5S2. The van der Waals surface area contributed by atoms with Gasteiger partial charge >= 0.3 is 22.4 Å². The largest absolute Gasteiger partial charge is 0.453 e. The summed E-state index contributed by atoms with van der Waals surface area (Å²) in [5.41, 5.74) is 2.34. The number of hydrogen-bond acceptors (Lipinski definition) is 7. The highest BCUT2D eigenvalue weighted by Gasteiger charge is 2.58. The zero-order chi connectivity index (χ0) is 34.8. The maximum Gasteiger partial charge on any atom is 0.453 e. The van der Waals surface area contributed by atoms with Crippen molar-refractivity contribution >= 4 is 22.1 Å². The lowest BCUT2D eigenvalue weighted by molar-refractivity contribution is -0.284. The summed E-state index contributed by atoms with van der Waals surface area (Å²) in [4.78, 5) is 2.19. The van der Waals surface area contributed by atoms with E-state index in [1.54, 1.807) is 12.1 Å². The van der Waals surface area contributed by atoms with Gasteiger partial charge in [-0.25, -0.2) is 0 Å². The molecule has 0 aromatic heterocycles. The first-order valence-corrected chi connectivity index (χ1v) is 19.1. The second-order valence-electron chi connectivity index (χ2n) is 13.9. The standard InChI is InChI=1S/C33H49F5N2O5S2/c1-21-28(41)20-27-29-24(12-14-31(21,27)2)23-11-10-22(45-47(39,43)44)19-26(23)30(42)25(29)9-5-4-6-15-40(3)16-8-18-46-17-7-13-32(34,35)33(36,37)38/h10-11,19,24-25,27-30,41-42H,1,4-9,12-18,20H2,2-3H3,(H2,39,43,44)/t24?,25?,27?,28-,29?,30+,31-/m1/s1. The topological polar surface area (TPSA) is 113 Å². The van der Waals surface area contributed by atoms with Crippen LogP contribution in [0.15, 0.2) is 30.4 Å². The van der Waals surface area contributed by atoms with E-state index in [1.165, 1.54) is 11.8 Å². The number of aliphatic hydroxyl groups excluding tert-OH is 2. The Balaban J connectivity index is 1.29. The van der Waals surface area contributed by atoms with Gasteiger partial charge in [0.15, 0.2) is 0 Å². The van der Waals surface area contributed by atoms with E-state index in [1.807, 2.05) is 13.1 Å². The number of benzene rings is 1. The Morgan fingerprint density at radius 1 is 1.06 bits per heavy atom. The first-order valence-electron chi connectivity index (χ1n) is 16.5. The van der Waals surface area contributed by atoms with E-state index >= 15 is 0 Å². The van der Waals surface area contributed by atoms with E-state index in [-0.39, 0.29) is 47.0 Å². The number of rotatable bonds is 16. The molecular weight excluding hydrogens is 663 g/mol. The lowest BCUT2D eigenvalue weighted by Crippen LogP contribution is -2.46. The highest BCUT2D eigenvalue weighted by Crippen LogP contribution is 2.65. The van der Waals surface area contributed by atoms with Crippen molar-refractivity contribution in [1.29, 1.82) is 0 Å². The molecule has 1 aromatic carbocycles. The van der Waals surface area contributed by atoms with Gasteiger partial charge in [0, 0.05) is 6.42 Å². The normalized spacial score (nSPS) is 29.5. The summed E-state index contributed by atoms with van der Waals surface area (Å²) in [7, 11) is -2.22. The molecule has 0 amide bonds. The Morgan fingerprint density at radius 3 is 2.43 bits per heavy atom. The summed E-state index contributed by atoms with van der Waals surface area (Å²) < 4.78 is 90.9. The van der Waals surface area contributed by atoms with E-state index < -0.39 is 41.0 Å². The van der Waals surface area contributed by atoms with Gasteiger partial charge in [-0.1, -0.05) is 32.4 Å². The number of fused-ring (bicyclic) bond motifs is 5. The van der Waals surface area contributed by atoms with Crippen molar-refractivity contribution < 1.29 is 44.8 Å². The number of thioether (sulfide) groups is 1. The van der Waals surface area contributed by atoms with Crippen molar-refractivity contribution in [2.75, 3.05) is 31.6 Å². The van der Waals surface area contributed by atoms with E-state index in [4.69, 9.17) is 9.32 Å². The highest BCUT2D eigenvalue weighted by atomic mass is 32.2. The molecule has 0 radical (unpaired) electrons. The molecule has 3 aliphatic carbocycles.